The van der Waals surface area contributed by atoms with E-state index in [0.717, 1.165) is 29.7 Å². The Bertz CT molecular complexity index is 835. The van der Waals surface area contributed by atoms with Gasteiger partial charge in [-0.1, -0.05) is 139 Å². The zero-order valence-corrected chi connectivity index (χ0v) is 22.6. The number of unbranched alkanes of at least 4 members (excludes halogenated alkanes) is 14. The summed E-state index contributed by atoms with van der Waals surface area (Å²) in [6.45, 7) is 2.77. The van der Waals surface area contributed by atoms with E-state index in [1.54, 1.807) is 6.21 Å². The van der Waals surface area contributed by atoms with Crippen LogP contribution < -0.4 is 10.2 Å². The molecule has 0 saturated heterocycles. The van der Waals surface area contributed by atoms with Gasteiger partial charge in [-0.2, -0.15) is 5.10 Å². The van der Waals surface area contributed by atoms with E-state index >= 15 is 0 Å². The maximum Gasteiger partial charge on any atom is 0.240 e. The summed E-state index contributed by atoms with van der Waals surface area (Å²) in [5.41, 5.74) is 4.62. The van der Waals surface area contributed by atoms with Crippen LogP contribution >= 0.6 is 0 Å². The van der Waals surface area contributed by atoms with Gasteiger partial charge in [0.15, 0.2) is 0 Å². The summed E-state index contributed by atoms with van der Waals surface area (Å²) in [5.74, 6) is 0.727. The molecule has 0 unspecified atom stereocenters. The van der Waals surface area contributed by atoms with Gasteiger partial charge < -0.3 is 4.74 Å². The van der Waals surface area contributed by atoms with Gasteiger partial charge in [-0.3, -0.25) is 4.79 Å². The number of carbonyl (C=O) groups excluding carboxylic acids is 1. The molecule has 0 fully saturated rings. The van der Waals surface area contributed by atoms with E-state index in [-0.39, 0.29) is 5.91 Å². The molecule has 2 aromatic rings. The number of hydrogen-bond acceptors (Lipinski definition) is 3. The van der Waals surface area contributed by atoms with E-state index < -0.39 is 0 Å². The molecule has 0 saturated carbocycles. The van der Waals surface area contributed by atoms with Gasteiger partial charge in [-0.15, -0.1) is 0 Å². The molecule has 1 N–H and O–H groups in total. The Morgan fingerprint density at radius 2 is 1.25 bits per heavy atom. The fourth-order valence-electron chi connectivity index (χ4n) is 4.34. The number of nitrogens with one attached hydrogen (secondary N) is 1. The highest BCUT2D eigenvalue weighted by molar-refractivity contribution is 5.85. The Kier molecular flexibility index (Phi) is 16.9. The summed E-state index contributed by atoms with van der Waals surface area (Å²) in [7, 11) is 0. The van der Waals surface area contributed by atoms with Gasteiger partial charge >= 0.3 is 0 Å². The lowest BCUT2D eigenvalue weighted by Crippen LogP contribution is -2.17. The highest BCUT2D eigenvalue weighted by Crippen LogP contribution is 2.18. The van der Waals surface area contributed by atoms with Crippen molar-refractivity contribution in [3.05, 3.63) is 65.7 Å². The van der Waals surface area contributed by atoms with Crippen molar-refractivity contribution in [3.63, 3.8) is 0 Å². The Hall–Kier alpha value is -2.62. The number of benzene rings is 2. The predicted octanol–water partition coefficient (Wildman–Crippen LogP) is 8.98. The first-order valence-electron chi connectivity index (χ1n) is 14.4. The first-order chi connectivity index (χ1) is 17.8. The van der Waals surface area contributed by atoms with Crippen LogP contribution in [0.5, 0.6) is 5.75 Å². The molecule has 0 heterocycles. The Balaban J connectivity index is 1.46. The SMILES string of the molecule is CCCCCCCCCCCCCCCCCC(=O)N/N=C/c1ccccc1OCc1ccccc1. The van der Waals surface area contributed by atoms with Gasteiger partial charge in [0, 0.05) is 12.0 Å². The molecule has 198 valence electrons. The van der Waals surface area contributed by atoms with Crippen LogP contribution in [0, 0.1) is 0 Å². The average molecular weight is 493 g/mol. The molecular weight excluding hydrogens is 444 g/mol. The van der Waals surface area contributed by atoms with Crippen molar-refractivity contribution in [1.29, 1.82) is 0 Å². The molecule has 0 bridgehead atoms. The number of hydrazone groups is 1. The smallest absolute Gasteiger partial charge is 0.240 e. The van der Waals surface area contributed by atoms with Crippen molar-refractivity contribution in [2.75, 3.05) is 0 Å². The molecule has 0 aliphatic carbocycles. The summed E-state index contributed by atoms with van der Waals surface area (Å²) in [6.07, 6.45) is 22.1. The van der Waals surface area contributed by atoms with E-state index in [1.807, 2.05) is 54.6 Å². The molecule has 0 aliphatic heterocycles. The molecule has 36 heavy (non-hydrogen) atoms. The van der Waals surface area contributed by atoms with Gasteiger partial charge in [-0.25, -0.2) is 5.43 Å². The third-order valence-electron chi connectivity index (χ3n) is 6.56. The minimum Gasteiger partial charge on any atom is -0.488 e. The van der Waals surface area contributed by atoms with Crippen LogP contribution in [0.25, 0.3) is 0 Å². The highest BCUT2D eigenvalue weighted by atomic mass is 16.5. The lowest BCUT2D eigenvalue weighted by Gasteiger charge is -2.09. The van der Waals surface area contributed by atoms with Gasteiger partial charge in [0.05, 0.1) is 6.21 Å². The van der Waals surface area contributed by atoms with Crippen molar-refractivity contribution in [1.82, 2.24) is 5.43 Å². The second-order valence-electron chi connectivity index (χ2n) is 9.81. The van der Waals surface area contributed by atoms with Crippen LogP contribution in [-0.4, -0.2) is 12.1 Å². The van der Waals surface area contributed by atoms with Crippen LogP contribution in [0.1, 0.15) is 121 Å². The molecular formula is C32H48N2O2. The fraction of sp³-hybridized carbons (Fsp3) is 0.562. The van der Waals surface area contributed by atoms with Gasteiger partial charge in [-0.05, 0) is 24.1 Å². The quantitative estimate of drug-likeness (QED) is 0.107. The number of carbonyl (C=O) groups is 1. The molecule has 4 nitrogen and oxygen atoms in total. The largest absolute Gasteiger partial charge is 0.488 e. The monoisotopic (exact) mass is 492 g/mol. The Labute approximate surface area is 219 Å². The Morgan fingerprint density at radius 1 is 0.722 bits per heavy atom. The van der Waals surface area contributed by atoms with Crippen molar-refractivity contribution >= 4 is 12.1 Å². The minimum atomic E-state index is -0.0244. The number of ether oxygens (including phenoxy) is 1. The first-order valence-corrected chi connectivity index (χ1v) is 14.4. The molecule has 0 radical (unpaired) electrons. The normalized spacial score (nSPS) is 11.1. The topological polar surface area (TPSA) is 50.7 Å². The average Bonchev–Trinajstić information content (AvgIpc) is 2.91. The highest BCUT2D eigenvalue weighted by Gasteiger charge is 2.03. The van der Waals surface area contributed by atoms with E-state index in [4.69, 9.17) is 4.74 Å². The molecule has 2 rings (SSSR count). The van der Waals surface area contributed by atoms with Gasteiger partial charge in [0.25, 0.3) is 0 Å². The number of para-hydroxylation sites is 1. The van der Waals surface area contributed by atoms with E-state index in [2.05, 4.69) is 17.5 Å². The first kappa shape index (κ1) is 29.6. The lowest BCUT2D eigenvalue weighted by atomic mass is 10.0. The van der Waals surface area contributed by atoms with Crippen molar-refractivity contribution in [3.8, 4) is 5.75 Å². The fourth-order valence-corrected chi connectivity index (χ4v) is 4.34. The molecule has 0 atom stereocenters. The summed E-state index contributed by atoms with van der Waals surface area (Å²) in [6, 6.07) is 17.8. The zero-order valence-electron chi connectivity index (χ0n) is 22.6. The van der Waals surface area contributed by atoms with Crippen LogP contribution in [0.2, 0.25) is 0 Å². The van der Waals surface area contributed by atoms with Crippen LogP contribution in [0.4, 0.5) is 0 Å². The Morgan fingerprint density at radius 3 is 1.86 bits per heavy atom. The number of nitrogens with zero attached hydrogens (tertiary/aromatic N) is 1. The lowest BCUT2D eigenvalue weighted by molar-refractivity contribution is -0.121. The van der Waals surface area contributed by atoms with Crippen molar-refractivity contribution in [2.24, 2.45) is 5.10 Å². The van der Waals surface area contributed by atoms with Gasteiger partial charge in [0.1, 0.15) is 12.4 Å². The second kappa shape index (κ2) is 20.6. The number of amides is 1. The van der Waals surface area contributed by atoms with Crippen LogP contribution in [0.3, 0.4) is 0 Å². The van der Waals surface area contributed by atoms with Crippen molar-refractivity contribution in [2.45, 2.75) is 116 Å². The zero-order chi connectivity index (χ0) is 25.5. The van der Waals surface area contributed by atoms with E-state index in [1.165, 1.54) is 83.5 Å². The van der Waals surface area contributed by atoms with Crippen molar-refractivity contribution < 1.29 is 9.53 Å². The van der Waals surface area contributed by atoms with E-state index in [9.17, 15) is 4.79 Å². The number of rotatable bonds is 21. The third-order valence-corrected chi connectivity index (χ3v) is 6.56. The molecule has 4 heteroatoms. The molecule has 0 aromatic heterocycles. The third kappa shape index (κ3) is 14.7. The number of hydrogen-bond donors (Lipinski definition) is 1. The van der Waals surface area contributed by atoms with E-state index in [0.29, 0.717) is 13.0 Å². The van der Waals surface area contributed by atoms with Crippen LogP contribution in [-0.2, 0) is 11.4 Å². The summed E-state index contributed by atoms with van der Waals surface area (Å²) in [5, 5.41) is 4.14. The summed E-state index contributed by atoms with van der Waals surface area (Å²) >= 11 is 0. The summed E-state index contributed by atoms with van der Waals surface area (Å²) in [4.78, 5) is 12.1. The predicted molar refractivity (Wildman–Crippen MR) is 152 cm³/mol. The molecule has 0 aliphatic rings. The molecule has 1 amide bonds. The maximum atomic E-state index is 12.1. The molecule has 2 aromatic carbocycles. The standard InChI is InChI=1S/C32H48N2O2/c1-2-3-4-5-6-7-8-9-10-11-12-13-14-15-19-26-32(35)34-33-27-30-24-20-21-25-31(30)36-28-29-22-17-16-18-23-29/h16-18,20-25,27H,2-15,19,26,28H2,1H3,(H,34,35)/b33-27+. The maximum absolute atomic E-state index is 12.1. The second-order valence-corrected chi connectivity index (χ2v) is 9.81. The minimum absolute atomic E-state index is 0.0244. The molecule has 0 spiro atoms. The van der Waals surface area contributed by atoms with Crippen LogP contribution in [0.15, 0.2) is 59.7 Å². The van der Waals surface area contributed by atoms with Gasteiger partial charge in [0.2, 0.25) is 5.91 Å². The summed E-state index contributed by atoms with van der Waals surface area (Å²) < 4.78 is 5.94.